The molecule has 0 fully saturated rings. The normalized spacial score (nSPS) is 10.8. The largest absolute Gasteiger partial charge is 0.574 e. The molecule has 1 aromatic rings. The van der Waals surface area contributed by atoms with E-state index in [-0.39, 0.29) is 0 Å². The van der Waals surface area contributed by atoms with Crippen LogP contribution in [0.4, 0.5) is 18.9 Å². The summed E-state index contributed by atoms with van der Waals surface area (Å²) < 4.78 is 39.3. The minimum Gasteiger partial charge on any atom is -0.506 e. The Kier molecular flexibility index (Phi) is 3.55. The summed E-state index contributed by atoms with van der Waals surface area (Å²) in [5, 5.41) is 28.1. The summed E-state index contributed by atoms with van der Waals surface area (Å²) in [6.07, 6.45) is -5.68. The second-order valence-electron chi connectivity index (χ2n) is 2.92. The molecule has 18 heavy (non-hydrogen) atoms. The van der Waals surface area contributed by atoms with Crippen LogP contribution in [0.25, 0.3) is 0 Å². The molecule has 0 saturated heterocycles. The summed E-state index contributed by atoms with van der Waals surface area (Å²) in [4.78, 5) is 12.4. The Hall–Kier alpha value is -2.57. The Morgan fingerprint density at radius 1 is 1.61 bits per heavy atom. The van der Waals surface area contributed by atoms with Gasteiger partial charge in [-0.15, -0.1) is 13.2 Å². The van der Waals surface area contributed by atoms with Gasteiger partial charge in [-0.3, -0.25) is 10.1 Å². The highest BCUT2D eigenvalue weighted by molar-refractivity contribution is 5.48. The fourth-order valence-corrected chi connectivity index (χ4v) is 1.03. The first-order valence-corrected chi connectivity index (χ1v) is 4.24. The number of hydrogen-bond acceptors (Lipinski definition) is 6. The molecular weight excluding hydrogens is 259 g/mol. The van der Waals surface area contributed by atoms with E-state index in [1.807, 2.05) is 0 Å². The summed E-state index contributed by atoms with van der Waals surface area (Å²) in [6, 6.07) is 1.98. The van der Waals surface area contributed by atoms with Crippen molar-refractivity contribution in [1.29, 1.82) is 5.26 Å². The van der Waals surface area contributed by atoms with Crippen LogP contribution in [0.15, 0.2) is 6.07 Å². The Morgan fingerprint density at radius 2 is 2.22 bits per heavy atom. The van der Waals surface area contributed by atoms with Crippen molar-refractivity contribution in [2.75, 3.05) is 0 Å². The number of halogens is 3. The zero-order chi connectivity index (χ0) is 13.9. The minimum absolute atomic E-state index is 0.442. The number of rotatable bonds is 3. The van der Waals surface area contributed by atoms with Crippen LogP contribution < -0.4 is 4.74 Å². The van der Waals surface area contributed by atoms with Gasteiger partial charge >= 0.3 is 17.9 Å². The number of hydrogen-bond donors (Lipinski definition) is 1. The smallest absolute Gasteiger partial charge is 0.506 e. The number of alkyl halides is 3. The van der Waals surface area contributed by atoms with E-state index >= 15 is 0 Å². The van der Waals surface area contributed by atoms with Crippen LogP contribution in [-0.4, -0.2) is 21.4 Å². The summed E-state index contributed by atoms with van der Waals surface area (Å²) in [6.45, 7) is 0. The van der Waals surface area contributed by atoms with E-state index in [9.17, 15) is 28.4 Å². The van der Waals surface area contributed by atoms with Crippen molar-refractivity contribution in [3.05, 3.63) is 21.9 Å². The van der Waals surface area contributed by atoms with Gasteiger partial charge in [-0.1, -0.05) is 0 Å². The van der Waals surface area contributed by atoms with Crippen molar-refractivity contribution in [2.24, 2.45) is 0 Å². The number of aromatic nitrogens is 1. The first-order chi connectivity index (χ1) is 8.24. The molecule has 0 bridgehead atoms. The summed E-state index contributed by atoms with van der Waals surface area (Å²) in [7, 11) is 0. The molecule has 0 saturated carbocycles. The van der Waals surface area contributed by atoms with Crippen molar-refractivity contribution >= 4 is 5.69 Å². The molecule has 1 N–H and O–H groups in total. The summed E-state index contributed by atoms with van der Waals surface area (Å²) in [5.74, 6) is -2.08. The van der Waals surface area contributed by atoms with Crippen LogP contribution in [0.2, 0.25) is 0 Å². The van der Waals surface area contributed by atoms with Gasteiger partial charge in [0.25, 0.3) is 0 Å². The Balaban J connectivity index is 3.31. The zero-order valence-electron chi connectivity index (χ0n) is 8.43. The molecule has 0 unspecified atom stereocenters. The fraction of sp³-hybridized carbons (Fsp3) is 0.250. The highest BCUT2D eigenvalue weighted by Crippen LogP contribution is 2.34. The fourth-order valence-electron chi connectivity index (χ4n) is 1.03. The standard InChI is InChI=1S/C8H4F3N3O4/c9-8(10,11)18-7-5(14(16)17)3-6(15)4(13-7)1-2-12/h3,15H,1H2. The second kappa shape index (κ2) is 4.74. The molecular formula is C8H4F3N3O4. The van der Waals surface area contributed by atoms with E-state index in [1.54, 1.807) is 0 Å². The summed E-state index contributed by atoms with van der Waals surface area (Å²) in [5.41, 5.74) is -1.59. The Bertz CT molecular complexity index is 524. The van der Waals surface area contributed by atoms with Gasteiger partial charge < -0.3 is 9.84 Å². The van der Waals surface area contributed by atoms with Gasteiger partial charge in [-0.05, 0) is 0 Å². The van der Waals surface area contributed by atoms with Gasteiger partial charge in [0.1, 0.15) is 11.4 Å². The molecule has 0 radical (unpaired) electrons. The molecule has 0 spiro atoms. The highest BCUT2D eigenvalue weighted by Gasteiger charge is 2.36. The van der Waals surface area contributed by atoms with Crippen LogP contribution >= 0.6 is 0 Å². The van der Waals surface area contributed by atoms with Crippen LogP contribution in [0.5, 0.6) is 11.6 Å². The molecule has 10 heteroatoms. The maximum Gasteiger partial charge on any atom is 0.574 e. The molecule has 0 aliphatic carbocycles. The zero-order valence-corrected chi connectivity index (χ0v) is 8.43. The number of ether oxygens (including phenoxy) is 1. The van der Waals surface area contributed by atoms with Gasteiger partial charge in [0.05, 0.1) is 23.5 Å². The topological polar surface area (TPSA) is 109 Å². The van der Waals surface area contributed by atoms with Crippen molar-refractivity contribution in [3.8, 4) is 17.7 Å². The van der Waals surface area contributed by atoms with E-state index in [4.69, 9.17) is 5.26 Å². The first kappa shape index (κ1) is 13.5. The monoisotopic (exact) mass is 263 g/mol. The van der Waals surface area contributed by atoms with E-state index in [0.29, 0.717) is 6.07 Å². The van der Waals surface area contributed by atoms with Gasteiger partial charge in [0.2, 0.25) is 0 Å². The predicted octanol–water partition coefficient (Wildman–Crippen LogP) is 1.66. The number of pyridine rings is 1. The quantitative estimate of drug-likeness (QED) is 0.656. The van der Waals surface area contributed by atoms with Crippen molar-refractivity contribution in [3.63, 3.8) is 0 Å². The third-order valence-corrected chi connectivity index (χ3v) is 1.68. The highest BCUT2D eigenvalue weighted by atomic mass is 19.4. The third kappa shape index (κ3) is 3.21. The maximum atomic E-state index is 12.0. The van der Waals surface area contributed by atoms with Crippen LogP contribution in [0.1, 0.15) is 5.69 Å². The lowest BCUT2D eigenvalue weighted by Crippen LogP contribution is -2.19. The van der Waals surface area contributed by atoms with Gasteiger partial charge in [0, 0.05) is 0 Å². The van der Waals surface area contributed by atoms with Crippen LogP contribution in [0, 0.1) is 21.4 Å². The van der Waals surface area contributed by atoms with E-state index in [2.05, 4.69) is 9.72 Å². The van der Waals surface area contributed by atoms with E-state index in [1.165, 1.54) is 6.07 Å². The number of nitro groups is 1. The molecule has 1 rings (SSSR count). The minimum atomic E-state index is -5.17. The SMILES string of the molecule is N#CCc1nc(OC(F)(F)F)c([N+](=O)[O-])cc1O. The first-order valence-electron chi connectivity index (χ1n) is 4.24. The average Bonchev–Trinajstić information content (AvgIpc) is 2.20. The number of nitriles is 1. The summed E-state index contributed by atoms with van der Waals surface area (Å²) >= 11 is 0. The molecule has 0 aliphatic rings. The van der Waals surface area contributed by atoms with Gasteiger partial charge in [-0.25, -0.2) is 4.98 Å². The van der Waals surface area contributed by atoms with Crippen molar-refractivity contribution < 1.29 is 27.9 Å². The molecule has 0 atom stereocenters. The van der Waals surface area contributed by atoms with Crippen molar-refractivity contribution in [2.45, 2.75) is 12.8 Å². The molecule has 0 aromatic carbocycles. The molecule has 1 heterocycles. The lowest BCUT2D eigenvalue weighted by molar-refractivity contribution is -0.389. The molecule has 0 aliphatic heterocycles. The van der Waals surface area contributed by atoms with Crippen LogP contribution in [0.3, 0.4) is 0 Å². The number of nitrogens with zero attached hydrogens (tertiary/aromatic N) is 3. The van der Waals surface area contributed by atoms with Gasteiger partial charge in [0.15, 0.2) is 0 Å². The lowest BCUT2D eigenvalue weighted by atomic mass is 10.2. The van der Waals surface area contributed by atoms with Crippen LogP contribution in [-0.2, 0) is 6.42 Å². The molecule has 7 nitrogen and oxygen atoms in total. The lowest BCUT2D eigenvalue weighted by Gasteiger charge is -2.09. The molecule has 0 amide bonds. The predicted molar refractivity (Wildman–Crippen MR) is 48.6 cm³/mol. The van der Waals surface area contributed by atoms with E-state index < -0.39 is 40.7 Å². The maximum absolute atomic E-state index is 12.0. The third-order valence-electron chi connectivity index (χ3n) is 1.68. The van der Waals surface area contributed by atoms with Crippen molar-refractivity contribution in [1.82, 2.24) is 4.98 Å². The Labute approximate surface area is 97.2 Å². The average molecular weight is 263 g/mol. The molecule has 1 aromatic heterocycles. The molecule has 96 valence electrons. The van der Waals surface area contributed by atoms with E-state index in [0.717, 1.165) is 0 Å². The second-order valence-corrected chi connectivity index (χ2v) is 2.92. The van der Waals surface area contributed by atoms with Gasteiger partial charge in [-0.2, -0.15) is 5.26 Å². The Morgan fingerprint density at radius 3 is 2.67 bits per heavy atom. The number of aromatic hydroxyl groups is 1.